The molecule has 186 valence electrons. The molecule has 0 radical (unpaired) electrons. The molecular formula is C24H25F3N4O4. The van der Waals surface area contributed by atoms with Crippen molar-refractivity contribution in [3.8, 4) is 17.1 Å². The largest absolute Gasteiger partial charge is 0.473 e. The fourth-order valence-electron chi connectivity index (χ4n) is 3.62. The number of carbonyl (C=O) groups is 1. The van der Waals surface area contributed by atoms with E-state index in [1.807, 2.05) is 26.8 Å². The minimum Gasteiger partial charge on any atom is -0.473 e. The molecule has 1 aliphatic rings. The molecule has 0 unspecified atom stereocenters. The van der Waals surface area contributed by atoms with Gasteiger partial charge in [-0.25, -0.2) is 9.78 Å². The Kier molecular flexibility index (Phi) is 6.44. The van der Waals surface area contributed by atoms with E-state index in [1.165, 1.54) is 6.07 Å². The Morgan fingerprint density at radius 2 is 1.91 bits per heavy atom. The molecule has 35 heavy (non-hydrogen) atoms. The number of nitrogens with zero attached hydrogens (tertiary/aromatic N) is 4. The van der Waals surface area contributed by atoms with Crippen molar-refractivity contribution >= 4 is 6.09 Å². The van der Waals surface area contributed by atoms with Crippen LogP contribution in [0.3, 0.4) is 0 Å². The van der Waals surface area contributed by atoms with Gasteiger partial charge in [-0.05, 0) is 57.4 Å². The Bertz CT molecular complexity index is 1220. The predicted octanol–water partition coefficient (Wildman–Crippen LogP) is 5.33. The summed E-state index contributed by atoms with van der Waals surface area (Å²) in [5, 5.41) is 3.96. The average molecular weight is 490 g/mol. The maximum absolute atomic E-state index is 12.8. The van der Waals surface area contributed by atoms with E-state index in [-0.39, 0.29) is 12.7 Å². The molecule has 0 atom stereocenters. The third kappa shape index (κ3) is 5.72. The van der Waals surface area contributed by atoms with Crippen molar-refractivity contribution in [3.05, 3.63) is 58.7 Å². The fourth-order valence-corrected chi connectivity index (χ4v) is 3.62. The molecule has 0 aromatic carbocycles. The van der Waals surface area contributed by atoms with Crippen molar-refractivity contribution in [1.82, 2.24) is 20.0 Å². The van der Waals surface area contributed by atoms with Crippen LogP contribution in [-0.2, 0) is 30.5 Å². The number of amides is 1. The number of rotatable bonds is 4. The summed E-state index contributed by atoms with van der Waals surface area (Å²) in [6.45, 7) is 8.13. The van der Waals surface area contributed by atoms with Crippen LogP contribution in [-0.4, -0.2) is 38.3 Å². The summed E-state index contributed by atoms with van der Waals surface area (Å²) in [6.07, 6.45) is -1.48. The zero-order chi connectivity index (χ0) is 25.4. The highest BCUT2D eigenvalue weighted by Crippen LogP contribution is 2.31. The predicted molar refractivity (Wildman–Crippen MR) is 118 cm³/mol. The molecule has 0 N–H and O–H groups in total. The smallest absolute Gasteiger partial charge is 0.433 e. The first-order valence-electron chi connectivity index (χ1n) is 11.0. The van der Waals surface area contributed by atoms with Crippen LogP contribution in [0.15, 0.2) is 35.1 Å². The molecule has 0 aliphatic carbocycles. The van der Waals surface area contributed by atoms with Crippen LogP contribution < -0.4 is 4.74 Å². The second-order valence-electron chi connectivity index (χ2n) is 9.23. The summed E-state index contributed by atoms with van der Waals surface area (Å²) >= 11 is 0. The Labute approximate surface area is 200 Å². The van der Waals surface area contributed by atoms with Crippen molar-refractivity contribution in [2.45, 2.75) is 59.0 Å². The Morgan fingerprint density at radius 1 is 1.14 bits per heavy atom. The van der Waals surface area contributed by atoms with Gasteiger partial charge in [0.15, 0.2) is 0 Å². The Balaban J connectivity index is 1.44. The molecule has 4 rings (SSSR count). The molecule has 0 saturated carbocycles. The average Bonchev–Trinajstić information content (AvgIpc) is 3.15. The zero-order valence-corrected chi connectivity index (χ0v) is 19.8. The maximum atomic E-state index is 12.8. The first-order chi connectivity index (χ1) is 16.4. The lowest BCUT2D eigenvalue weighted by atomic mass is 10.0. The van der Waals surface area contributed by atoms with Crippen molar-refractivity contribution < 1.29 is 32.0 Å². The summed E-state index contributed by atoms with van der Waals surface area (Å²) in [5.41, 5.74) is 1.70. The van der Waals surface area contributed by atoms with E-state index in [9.17, 15) is 18.0 Å². The second kappa shape index (κ2) is 9.20. The third-order valence-electron chi connectivity index (χ3n) is 5.40. The molecule has 0 saturated heterocycles. The summed E-state index contributed by atoms with van der Waals surface area (Å²) in [5.74, 6) is 0.859. The number of aromatic nitrogens is 3. The normalized spacial score (nSPS) is 14.0. The summed E-state index contributed by atoms with van der Waals surface area (Å²) in [7, 11) is 0. The minimum atomic E-state index is -4.52. The molecule has 3 aromatic rings. The van der Waals surface area contributed by atoms with Gasteiger partial charge >= 0.3 is 12.3 Å². The molecule has 11 heteroatoms. The van der Waals surface area contributed by atoms with Crippen LogP contribution >= 0.6 is 0 Å². The first-order valence-corrected chi connectivity index (χ1v) is 11.0. The monoisotopic (exact) mass is 490 g/mol. The van der Waals surface area contributed by atoms with E-state index in [0.29, 0.717) is 48.0 Å². The number of hydrogen-bond donors (Lipinski definition) is 0. The van der Waals surface area contributed by atoms with Gasteiger partial charge in [0.05, 0.1) is 12.1 Å². The van der Waals surface area contributed by atoms with Crippen LogP contribution in [0.1, 0.15) is 48.9 Å². The van der Waals surface area contributed by atoms with Gasteiger partial charge in [0.2, 0.25) is 5.88 Å². The molecule has 0 fully saturated rings. The molecule has 0 bridgehead atoms. The number of hydrogen-bond acceptors (Lipinski definition) is 7. The molecule has 8 nitrogen and oxygen atoms in total. The van der Waals surface area contributed by atoms with Gasteiger partial charge in [0, 0.05) is 30.6 Å². The van der Waals surface area contributed by atoms with E-state index in [1.54, 1.807) is 18.0 Å². The van der Waals surface area contributed by atoms with Crippen molar-refractivity contribution in [3.63, 3.8) is 0 Å². The Hall–Kier alpha value is -3.63. The quantitative estimate of drug-likeness (QED) is 0.488. The SMILES string of the molecule is Cc1onc(-c2ccc(C(F)(F)F)nc2)c1COc1cc2c(cn1)CN(C(=O)OC(C)(C)C)CC2. The van der Waals surface area contributed by atoms with Crippen LogP contribution in [0.5, 0.6) is 5.88 Å². The second-order valence-corrected chi connectivity index (χ2v) is 9.23. The van der Waals surface area contributed by atoms with Crippen LogP contribution in [0.4, 0.5) is 18.0 Å². The van der Waals surface area contributed by atoms with Crippen molar-refractivity contribution in [1.29, 1.82) is 0 Å². The molecule has 0 spiro atoms. The van der Waals surface area contributed by atoms with Gasteiger partial charge < -0.3 is 18.9 Å². The fraction of sp³-hybridized carbons (Fsp3) is 0.417. The van der Waals surface area contributed by atoms with E-state index in [0.717, 1.165) is 23.4 Å². The van der Waals surface area contributed by atoms with E-state index >= 15 is 0 Å². The maximum Gasteiger partial charge on any atom is 0.433 e. The lowest BCUT2D eigenvalue weighted by molar-refractivity contribution is -0.141. The van der Waals surface area contributed by atoms with Gasteiger partial charge in [-0.3, -0.25) is 4.98 Å². The summed E-state index contributed by atoms with van der Waals surface area (Å²) in [4.78, 5) is 21.8. The topological polar surface area (TPSA) is 90.6 Å². The number of pyridine rings is 2. The molecular weight excluding hydrogens is 465 g/mol. The molecule has 1 amide bonds. The first kappa shape index (κ1) is 24.5. The van der Waals surface area contributed by atoms with E-state index in [4.69, 9.17) is 14.0 Å². The number of aryl methyl sites for hydroxylation is 1. The number of fused-ring (bicyclic) bond motifs is 1. The van der Waals surface area contributed by atoms with Gasteiger partial charge in [-0.2, -0.15) is 13.2 Å². The van der Waals surface area contributed by atoms with Gasteiger partial charge in [0.25, 0.3) is 0 Å². The lowest BCUT2D eigenvalue weighted by Crippen LogP contribution is -2.39. The number of carbonyl (C=O) groups excluding carboxylic acids is 1. The molecule has 4 heterocycles. The number of alkyl halides is 3. The van der Waals surface area contributed by atoms with Crippen LogP contribution in [0, 0.1) is 6.92 Å². The number of halogens is 3. The van der Waals surface area contributed by atoms with Crippen molar-refractivity contribution in [2.75, 3.05) is 6.54 Å². The molecule has 1 aliphatic heterocycles. The summed E-state index contributed by atoms with van der Waals surface area (Å²) < 4.78 is 55.0. The van der Waals surface area contributed by atoms with Crippen LogP contribution in [0.2, 0.25) is 0 Å². The van der Waals surface area contributed by atoms with Gasteiger partial charge in [0.1, 0.15) is 29.4 Å². The Morgan fingerprint density at radius 3 is 2.57 bits per heavy atom. The highest BCUT2D eigenvalue weighted by atomic mass is 19.4. The van der Waals surface area contributed by atoms with E-state index < -0.39 is 17.5 Å². The minimum absolute atomic E-state index is 0.0571. The summed E-state index contributed by atoms with van der Waals surface area (Å²) in [6, 6.07) is 4.02. The van der Waals surface area contributed by atoms with Crippen LogP contribution in [0.25, 0.3) is 11.3 Å². The standard InChI is InChI=1S/C24H25F3N4O4/c1-14-18(21(30-35-14)16-5-6-19(28-10-16)24(25,26)27)13-33-20-9-15-7-8-31(12-17(15)11-29-20)22(32)34-23(2,3)4/h5-6,9-11H,7-8,12-13H2,1-4H3. The van der Waals surface area contributed by atoms with Crippen molar-refractivity contribution in [2.24, 2.45) is 0 Å². The highest BCUT2D eigenvalue weighted by molar-refractivity contribution is 5.68. The van der Waals surface area contributed by atoms with Gasteiger partial charge in [-0.1, -0.05) is 5.16 Å². The highest BCUT2D eigenvalue weighted by Gasteiger charge is 2.32. The van der Waals surface area contributed by atoms with E-state index in [2.05, 4.69) is 15.1 Å². The lowest BCUT2D eigenvalue weighted by Gasteiger charge is -2.31. The zero-order valence-electron chi connectivity index (χ0n) is 19.8. The third-order valence-corrected chi connectivity index (χ3v) is 5.40. The van der Waals surface area contributed by atoms with Gasteiger partial charge in [-0.15, -0.1) is 0 Å². The molecule has 3 aromatic heterocycles. The number of ether oxygens (including phenoxy) is 2.